The Kier molecular flexibility index (Phi) is 3.32. The van der Waals surface area contributed by atoms with Gasteiger partial charge >= 0.3 is 21.6 Å². The molecule has 2 bridgehead atoms. The first-order valence-electron chi connectivity index (χ1n) is 5.51. The summed E-state index contributed by atoms with van der Waals surface area (Å²) in [7, 11) is -5.68. The second-order valence-corrected chi connectivity index (χ2v) is 6.17. The highest BCUT2D eigenvalue weighted by molar-refractivity contribution is 7.90. The Labute approximate surface area is 111 Å². The van der Waals surface area contributed by atoms with E-state index in [1.807, 2.05) is 0 Å². The number of hydrogen-bond acceptors (Lipinski definition) is 5. The van der Waals surface area contributed by atoms with Gasteiger partial charge in [0.05, 0.1) is 12.1 Å². The third kappa shape index (κ3) is 2.28. The molecule has 2 aliphatic rings. The fourth-order valence-electron chi connectivity index (χ4n) is 2.22. The van der Waals surface area contributed by atoms with Gasteiger partial charge in [0.1, 0.15) is 5.84 Å². The molecule has 0 aromatic heterocycles. The normalized spacial score (nSPS) is 26.9. The van der Waals surface area contributed by atoms with E-state index in [-0.39, 0.29) is 19.4 Å². The highest BCUT2D eigenvalue weighted by atomic mass is 32.2. The maximum absolute atomic E-state index is 12.2. The highest BCUT2D eigenvalue weighted by Gasteiger charge is 2.50. The van der Waals surface area contributed by atoms with Gasteiger partial charge in [0.25, 0.3) is 0 Å². The average molecular weight is 316 g/mol. The number of halogens is 3. The number of hydrogen-bond donors (Lipinski definition) is 3. The lowest BCUT2D eigenvalue weighted by Crippen LogP contribution is -2.52. The molecule has 0 unspecified atom stereocenters. The molecular weight excluding hydrogens is 305 g/mol. The van der Waals surface area contributed by atoms with E-state index in [1.54, 1.807) is 0 Å². The van der Waals surface area contributed by atoms with Crippen LogP contribution in [0.5, 0.6) is 0 Å². The zero-order valence-electron chi connectivity index (χ0n) is 9.88. The van der Waals surface area contributed by atoms with E-state index >= 15 is 0 Å². The molecule has 0 spiro atoms. The van der Waals surface area contributed by atoms with Gasteiger partial charge in [-0.3, -0.25) is 15.3 Å². The van der Waals surface area contributed by atoms with Crippen molar-refractivity contribution in [2.75, 3.05) is 6.54 Å². The van der Waals surface area contributed by atoms with Crippen molar-refractivity contribution in [2.45, 2.75) is 30.4 Å². The lowest BCUT2D eigenvalue weighted by Gasteiger charge is -2.30. The van der Waals surface area contributed by atoms with Crippen molar-refractivity contribution in [3.8, 4) is 0 Å². The third-order valence-electron chi connectivity index (χ3n) is 3.23. The number of nitrogens with zero attached hydrogens (tertiary/aromatic N) is 2. The van der Waals surface area contributed by atoms with Gasteiger partial charge < -0.3 is 4.90 Å². The van der Waals surface area contributed by atoms with E-state index < -0.39 is 39.5 Å². The number of nitrogens with one attached hydrogen (secondary N) is 2. The summed E-state index contributed by atoms with van der Waals surface area (Å²) in [5, 5.41) is 17.3. The maximum atomic E-state index is 12.2. The summed E-state index contributed by atoms with van der Waals surface area (Å²) in [6.45, 7) is 0.0378. The van der Waals surface area contributed by atoms with Gasteiger partial charge in [-0.2, -0.15) is 21.6 Å². The molecule has 2 fully saturated rings. The Morgan fingerprint density at radius 1 is 1.40 bits per heavy atom. The predicted octanol–water partition coefficient (Wildman–Crippen LogP) is 0.0607. The SMILES string of the molecule is N=C(NS(=O)(=O)C(F)(F)F)[C@@H]1CC[C@@H]2CN1C(=O)N2O. The Hall–Kier alpha value is -1.56. The maximum Gasteiger partial charge on any atom is 0.516 e. The summed E-state index contributed by atoms with van der Waals surface area (Å²) in [4.78, 5) is 12.5. The number of amides is 2. The minimum absolute atomic E-state index is 0.0378. The van der Waals surface area contributed by atoms with Crippen LogP contribution < -0.4 is 4.72 Å². The van der Waals surface area contributed by atoms with Gasteiger partial charge in [0, 0.05) is 6.54 Å². The van der Waals surface area contributed by atoms with Crippen LogP contribution in [-0.2, 0) is 10.0 Å². The molecule has 12 heteroatoms. The van der Waals surface area contributed by atoms with Crippen molar-refractivity contribution in [1.82, 2.24) is 14.7 Å². The molecule has 2 saturated heterocycles. The number of sulfonamides is 1. The molecule has 0 aromatic rings. The van der Waals surface area contributed by atoms with Crippen LogP contribution in [0.25, 0.3) is 0 Å². The molecule has 2 rings (SSSR count). The fraction of sp³-hybridized carbons (Fsp3) is 0.750. The largest absolute Gasteiger partial charge is 0.516 e. The minimum Gasteiger partial charge on any atom is -0.311 e. The van der Waals surface area contributed by atoms with Crippen molar-refractivity contribution in [3.63, 3.8) is 0 Å². The van der Waals surface area contributed by atoms with Gasteiger partial charge in [0.2, 0.25) is 0 Å². The second kappa shape index (κ2) is 4.48. The second-order valence-electron chi connectivity index (χ2n) is 4.49. The summed E-state index contributed by atoms with van der Waals surface area (Å²) >= 11 is 0. The van der Waals surface area contributed by atoms with Crippen LogP contribution in [-0.4, -0.2) is 59.6 Å². The molecule has 0 radical (unpaired) electrons. The number of carbonyl (C=O) groups is 1. The van der Waals surface area contributed by atoms with Crippen LogP contribution >= 0.6 is 0 Å². The van der Waals surface area contributed by atoms with Crippen molar-refractivity contribution in [2.24, 2.45) is 0 Å². The Bertz CT molecular complexity index is 548. The molecular formula is C8H11F3N4O4S. The van der Waals surface area contributed by atoms with Crippen molar-refractivity contribution in [3.05, 3.63) is 0 Å². The zero-order chi connectivity index (χ0) is 15.3. The highest BCUT2D eigenvalue weighted by Crippen LogP contribution is 2.29. The zero-order valence-corrected chi connectivity index (χ0v) is 10.7. The average Bonchev–Trinajstić information content (AvgIpc) is 2.53. The van der Waals surface area contributed by atoms with Crippen LogP contribution in [0.15, 0.2) is 0 Å². The quantitative estimate of drug-likeness (QED) is 0.380. The fourth-order valence-corrected chi connectivity index (χ4v) is 2.76. The summed E-state index contributed by atoms with van der Waals surface area (Å²) < 4.78 is 59.6. The van der Waals surface area contributed by atoms with Gasteiger partial charge in [-0.15, -0.1) is 0 Å². The summed E-state index contributed by atoms with van der Waals surface area (Å²) in [6, 6.07) is -2.47. The van der Waals surface area contributed by atoms with E-state index in [9.17, 15) is 31.6 Å². The Morgan fingerprint density at radius 2 is 2.00 bits per heavy atom. The van der Waals surface area contributed by atoms with E-state index in [1.165, 1.54) is 0 Å². The molecule has 2 atom stereocenters. The molecule has 114 valence electrons. The smallest absolute Gasteiger partial charge is 0.311 e. The van der Waals surface area contributed by atoms with E-state index in [0.29, 0.717) is 5.06 Å². The van der Waals surface area contributed by atoms with Gasteiger partial charge in [-0.1, -0.05) is 0 Å². The molecule has 3 N–H and O–H groups in total. The minimum atomic E-state index is -5.68. The van der Waals surface area contributed by atoms with E-state index in [2.05, 4.69) is 0 Å². The Balaban J connectivity index is 2.14. The summed E-state index contributed by atoms with van der Waals surface area (Å²) in [5.41, 5.74) is -5.53. The topological polar surface area (TPSA) is 114 Å². The third-order valence-corrected chi connectivity index (χ3v) is 4.32. The van der Waals surface area contributed by atoms with Gasteiger partial charge in [-0.05, 0) is 12.8 Å². The first kappa shape index (κ1) is 14.8. The first-order valence-corrected chi connectivity index (χ1v) is 6.99. The van der Waals surface area contributed by atoms with Crippen LogP contribution in [0.1, 0.15) is 12.8 Å². The van der Waals surface area contributed by atoms with Gasteiger partial charge in [-0.25, -0.2) is 9.86 Å². The monoisotopic (exact) mass is 316 g/mol. The number of hydroxylamine groups is 2. The van der Waals surface area contributed by atoms with Crippen molar-refractivity contribution < 1.29 is 31.6 Å². The number of rotatable bonds is 2. The lowest BCUT2D eigenvalue weighted by molar-refractivity contribution is -0.0583. The number of fused-ring (bicyclic) bond motifs is 2. The number of alkyl halides is 3. The molecule has 0 aromatic carbocycles. The number of piperidine rings is 1. The standard InChI is InChI=1S/C8H11F3N4O4S/c9-8(10,11)20(18,19)13-6(12)5-2-1-4-3-14(5)7(16)15(4)17/h4-5,17H,1-3H2,(H2,12,13)/t4-,5+/m1/s1. The molecule has 2 aliphatic heterocycles. The Morgan fingerprint density at radius 3 is 2.55 bits per heavy atom. The number of amidine groups is 1. The van der Waals surface area contributed by atoms with Crippen LogP contribution in [0.4, 0.5) is 18.0 Å². The van der Waals surface area contributed by atoms with Crippen LogP contribution in [0.3, 0.4) is 0 Å². The number of urea groups is 1. The van der Waals surface area contributed by atoms with E-state index in [4.69, 9.17) is 5.41 Å². The molecule has 2 heterocycles. The summed E-state index contributed by atoms with van der Waals surface area (Å²) in [5.74, 6) is -0.940. The summed E-state index contributed by atoms with van der Waals surface area (Å²) in [6.07, 6.45) is 0.353. The van der Waals surface area contributed by atoms with Crippen molar-refractivity contribution in [1.29, 1.82) is 5.41 Å². The molecule has 20 heavy (non-hydrogen) atoms. The van der Waals surface area contributed by atoms with E-state index in [0.717, 1.165) is 9.62 Å². The van der Waals surface area contributed by atoms with Crippen LogP contribution in [0, 0.1) is 5.41 Å². The molecule has 0 aliphatic carbocycles. The lowest BCUT2D eigenvalue weighted by atomic mass is 10.0. The number of carbonyl (C=O) groups excluding carboxylic acids is 1. The molecule has 8 nitrogen and oxygen atoms in total. The first-order chi connectivity index (χ1) is 9.04. The molecule has 2 amide bonds. The molecule has 0 saturated carbocycles. The van der Waals surface area contributed by atoms with Gasteiger partial charge in [0.15, 0.2) is 0 Å². The predicted molar refractivity (Wildman–Crippen MR) is 58.4 cm³/mol. The van der Waals surface area contributed by atoms with Crippen LogP contribution in [0.2, 0.25) is 0 Å². The van der Waals surface area contributed by atoms with Crippen molar-refractivity contribution >= 4 is 21.9 Å².